The minimum Gasteiger partial charge on any atom is -0.337 e. The van der Waals surface area contributed by atoms with Crippen molar-refractivity contribution in [2.45, 2.75) is 25.6 Å². The van der Waals surface area contributed by atoms with Crippen molar-refractivity contribution in [2.24, 2.45) is 13.0 Å². The van der Waals surface area contributed by atoms with Crippen molar-refractivity contribution in [2.75, 3.05) is 13.1 Å². The van der Waals surface area contributed by atoms with E-state index in [1.165, 1.54) is 7.05 Å². The fourth-order valence-electron chi connectivity index (χ4n) is 2.93. The van der Waals surface area contributed by atoms with Gasteiger partial charge in [-0.1, -0.05) is 0 Å². The summed E-state index contributed by atoms with van der Waals surface area (Å²) in [6, 6.07) is 0.811. The van der Waals surface area contributed by atoms with E-state index in [-0.39, 0.29) is 5.69 Å². The molecule has 2 aromatic heterocycles. The zero-order valence-electron chi connectivity index (χ0n) is 13.1. The molecule has 0 N–H and O–H groups in total. The molecular weight excluding hydrogens is 325 g/mol. The Kier molecular flexibility index (Phi) is 4.29. The molecule has 2 aromatic rings. The van der Waals surface area contributed by atoms with Gasteiger partial charge in [0.1, 0.15) is 18.3 Å². The molecule has 3 heterocycles. The average Bonchev–Trinajstić information content (AvgIpc) is 3.16. The van der Waals surface area contributed by atoms with E-state index in [9.17, 15) is 18.0 Å². The molecule has 1 saturated heterocycles. The molecule has 0 saturated carbocycles. The zero-order valence-corrected chi connectivity index (χ0v) is 13.1. The molecule has 1 fully saturated rings. The molecule has 24 heavy (non-hydrogen) atoms. The van der Waals surface area contributed by atoms with Crippen molar-refractivity contribution in [1.82, 2.24) is 29.4 Å². The summed E-state index contributed by atoms with van der Waals surface area (Å²) in [5, 5.41) is 11.2. The first-order valence-corrected chi connectivity index (χ1v) is 7.57. The van der Waals surface area contributed by atoms with Crippen LogP contribution in [0.5, 0.6) is 0 Å². The SMILES string of the molecule is Cn1nc(C(=O)N2CCC(Cn3cnnc3)CC2)cc1C(F)(F)F. The number of alkyl halides is 3. The molecule has 3 rings (SSSR count). The van der Waals surface area contributed by atoms with Gasteiger partial charge < -0.3 is 9.47 Å². The van der Waals surface area contributed by atoms with Gasteiger partial charge in [0.15, 0.2) is 5.69 Å². The quantitative estimate of drug-likeness (QED) is 0.849. The molecule has 7 nitrogen and oxygen atoms in total. The maximum atomic E-state index is 12.8. The second-order valence-corrected chi connectivity index (χ2v) is 5.93. The molecule has 1 aliphatic rings. The van der Waals surface area contributed by atoms with Gasteiger partial charge in [-0.3, -0.25) is 9.48 Å². The van der Waals surface area contributed by atoms with Crippen LogP contribution >= 0.6 is 0 Å². The molecule has 0 atom stereocenters. The number of nitrogens with zero attached hydrogens (tertiary/aromatic N) is 6. The van der Waals surface area contributed by atoms with Crippen LogP contribution in [0.15, 0.2) is 18.7 Å². The Morgan fingerprint density at radius 3 is 2.42 bits per heavy atom. The molecule has 0 unspecified atom stereocenters. The maximum Gasteiger partial charge on any atom is 0.433 e. The van der Waals surface area contributed by atoms with E-state index >= 15 is 0 Å². The first kappa shape index (κ1) is 16.5. The van der Waals surface area contributed by atoms with Crippen molar-refractivity contribution in [3.05, 3.63) is 30.1 Å². The lowest BCUT2D eigenvalue weighted by atomic mass is 9.96. The van der Waals surface area contributed by atoms with Crippen molar-refractivity contribution >= 4 is 5.91 Å². The first-order chi connectivity index (χ1) is 11.3. The summed E-state index contributed by atoms with van der Waals surface area (Å²) in [4.78, 5) is 13.9. The van der Waals surface area contributed by atoms with E-state index in [2.05, 4.69) is 15.3 Å². The minimum atomic E-state index is -4.52. The lowest BCUT2D eigenvalue weighted by Gasteiger charge is -2.31. The predicted molar refractivity (Wildman–Crippen MR) is 76.9 cm³/mol. The van der Waals surface area contributed by atoms with Crippen molar-refractivity contribution in [3.8, 4) is 0 Å². The summed E-state index contributed by atoms with van der Waals surface area (Å²) in [7, 11) is 1.19. The molecule has 130 valence electrons. The summed E-state index contributed by atoms with van der Waals surface area (Å²) < 4.78 is 41.0. The molecular formula is C14H17F3N6O. The maximum absolute atomic E-state index is 12.8. The van der Waals surface area contributed by atoms with E-state index in [0.29, 0.717) is 23.7 Å². The van der Waals surface area contributed by atoms with Crippen molar-refractivity contribution in [1.29, 1.82) is 0 Å². The number of carbonyl (C=O) groups excluding carboxylic acids is 1. The van der Waals surface area contributed by atoms with Gasteiger partial charge in [0.05, 0.1) is 0 Å². The van der Waals surface area contributed by atoms with Crippen LogP contribution in [0.1, 0.15) is 29.0 Å². The second kappa shape index (κ2) is 6.25. The van der Waals surface area contributed by atoms with Crippen LogP contribution in [0.25, 0.3) is 0 Å². The molecule has 1 aliphatic heterocycles. The largest absolute Gasteiger partial charge is 0.433 e. The highest BCUT2D eigenvalue weighted by molar-refractivity contribution is 5.92. The summed E-state index contributed by atoms with van der Waals surface area (Å²) >= 11 is 0. The number of hydrogen-bond acceptors (Lipinski definition) is 4. The monoisotopic (exact) mass is 342 g/mol. The number of amides is 1. The van der Waals surface area contributed by atoms with E-state index in [1.807, 2.05) is 4.57 Å². The van der Waals surface area contributed by atoms with Gasteiger partial charge in [-0.15, -0.1) is 10.2 Å². The highest BCUT2D eigenvalue weighted by Gasteiger charge is 2.36. The van der Waals surface area contributed by atoms with Crippen LogP contribution < -0.4 is 0 Å². The van der Waals surface area contributed by atoms with Gasteiger partial charge in [0, 0.05) is 32.7 Å². The summed E-state index contributed by atoms with van der Waals surface area (Å²) in [6.45, 7) is 1.78. The number of rotatable bonds is 3. The molecule has 0 radical (unpaired) electrons. The van der Waals surface area contributed by atoms with Gasteiger partial charge in [0.25, 0.3) is 5.91 Å². The standard InChI is InChI=1S/C14H17F3N6O/c1-21-12(14(15,16)17)6-11(20-21)13(24)23-4-2-10(3-5-23)7-22-8-18-19-9-22/h6,8-10H,2-5,7H2,1H3. The molecule has 0 spiro atoms. The first-order valence-electron chi connectivity index (χ1n) is 7.57. The average molecular weight is 342 g/mol. The molecule has 0 aromatic carbocycles. The number of piperidine rings is 1. The van der Waals surface area contributed by atoms with Gasteiger partial charge in [0.2, 0.25) is 0 Å². The number of aromatic nitrogens is 5. The number of hydrogen-bond donors (Lipinski definition) is 0. The fourth-order valence-corrected chi connectivity index (χ4v) is 2.93. The zero-order chi connectivity index (χ0) is 17.3. The highest BCUT2D eigenvalue weighted by Crippen LogP contribution is 2.29. The van der Waals surface area contributed by atoms with Crippen LogP contribution in [-0.2, 0) is 19.8 Å². The topological polar surface area (TPSA) is 68.8 Å². The number of aryl methyl sites for hydroxylation is 1. The predicted octanol–water partition coefficient (Wildman–Crippen LogP) is 1.58. The number of carbonyl (C=O) groups is 1. The van der Waals surface area contributed by atoms with Crippen LogP contribution in [0.2, 0.25) is 0 Å². The Labute approximate surface area is 136 Å². The highest BCUT2D eigenvalue weighted by atomic mass is 19.4. The van der Waals surface area contributed by atoms with Crippen LogP contribution in [-0.4, -0.2) is 48.4 Å². The van der Waals surface area contributed by atoms with E-state index in [4.69, 9.17) is 0 Å². The fraction of sp³-hybridized carbons (Fsp3) is 0.571. The Morgan fingerprint density at radius 2 is 1.88 bits per heavy atom. The Bertz CT molecular complexity index is 701. The van der Waals surface area contributed by atoms with Crippen LogP contribution in [0.3, 0.4) is 0 Å². The minimum absolute atomic E-state index is 0.165. The molecule has 1 amide bonds. The summed E-state index contributed by atoms with van der Waals surface area (Å²) in [5.41, 5.74) is -1.09. The smallest absolute Gasteiger partial charge is 0.337 e. The van der Waals surface area contributed by atoms with E-state index in [1.54, 1.807) is 17.6 Å². The molecule has 0 bridgehead atoms. The third-order valence-electron chi connectivity index (χ3n) is 4.23. The second-order valence-electron chi connectivity index (χ2n) is 5.93. The Balaban J connectivity index is 1.61. The van der Waals surface area contributed by atoms with Crippen molar-refractivity contribution in [3.63, 3.8) is 0 Å². The number of likely N-dealkylation sites (tertiary alicyclic amines) is 1. The van der Waals surface area contributed by atoms with Crippen LogP contribution in [0.4, 0.5) is 13.2 Å². The third kappa shape index (κ3) is 3.41. The van der Waals surface area contributed by atoms with Gasteiger partial charge in [-0.2, -0.15) is 18.3 Å². The lowest BCUT2D eigenvalue weighted by Crippen LogP contribution is -2.39. The van der Waals surface area contributed by atoms with Gasteiger partial charge in [-0.05, 0) is 18.8 Å². The summed E-state index contributed by atoms with van der Waals surface area (Å²) in [5.74, 6) is -0.0663. The normalized spacial score (nSPS) is 16.6. The van der Waals surface area contributed by atoms with Gasteiger partial charge >= 0.3 is 6.18 Å². The van der Waals surface area contributed by atoms with E-state index < -0.39 is 17.8 Å². The molecule has 10 heteroatoms. The Morgan fingerprint density at radius 1 is 1.25 bits per heavy atom. The van der Waals surface area contributed by atoms with Crippen LogP contribution in [0, 0.1) is 5.92 Å². The number of halogens is 3. The lowest BCUT2D eigenvalue weighted by molar-refractivity contribution is -0.143. The Hall–Kier alpha value is -2.39. The summed E-state index contributed by atoms with van der Waals surface area (Å²) in [6.07, 6.45) is 0.325. The van der Waals surface area contributed by atoms with Crippen molar-refractivity contribution < 1.29 is 18.0 Å². The van der Waals surface area contributed by atoms with Gasteiger partial charge in [-0.25, -0.2) is 0 Å². The third-order valence-corrected chi connectivity index (χ3v) is 4.23. The van der Waals surface area contributed by atoms with E-state index in [0.717, 1.165) is 25.5 Å². The molecule has 0 aliphatic carbocycles.